The lowest BCUT2D eigenvalue weighted by atomic mass is 9.96. The predicted octanol–water partition coefficient (Wildman–Crippen LogP) is 7.27. The van der Waals surface area contributed by atoms with Crippen molar-refractivity contribution >= 4 is 22.7 Å². The number of rotatable bonds is 2. The quantitative estimate of drug-likeness (QED) is 0.350. The van der Waals surface area contributed by atoms with Crippen LogP contribution >= 0.6 is 15.3 Å². The number of hydrogen-bond acceptors (Lipinski definition) is 0. The maximum Gasteiger partial charge on any atom is 0.164 e. The second-order valence-corrected chi connectivity index (χ2v) is 12.6. The van der Waals surface area contributed by atoms with Crippen LogP contribution in [-0.4, -0.2) is 7.42 Å². The molecule has 0 fully saturated rings. The van der Waals surface area contributed by atoms with Crippen LogP contribution < -0.4 is 0 Å². The minimum atomic E-state index is -0.886. The van der Waals surface area contributed by atoms with E-state index < -0.39 is 7.42 Å². The van der Waals surface area contributed by atoms with Crippen LogP contribution in [0.1, 0.15) is 69.2 Å². The van der Waals surface area contributed by atoms with Crippen LogP contribution in [0.2, 0.25) is 10.1 Å². The van der Waals surface area contributed by atoms with E-state index in [9.17, 15) is 0 Å². The lowest BCUT2D eigenvalue weighted by Crippen LogP contribution is -2.38. The third-order valence-electron chi connectivity index (χ3n) is 7.25. The molecular formula is C20H30BrSi. The lowest BCUT2D eigenvalue weighted by Gasteiger charge is -2.44. The molecule has 0 aromatic heterocycles. The van der Waals surface area contributed by atoms with E-state index in [0.717, 1.165) is 0 Å². The highest BCUT2D eigenvalue weighted by Crippen LogP contribution is 2.66. The monoisotopic (exact) mass is 377 g/mol. The van der Waals surface area contributed by atoms with Crippen molar-refractivity contribution in [3.8, 4) is 0 Å². The molecule has 2 rings (SSSR count). The van der Waals surface area contributed by atoms with Crippen LogP contribution in [0, 0.1) is 0 Å². The Kier molecular flexibility index (Phi) is 4.37. The molecule has 22 heavy (non-hydrogen) atoms. The average molecular weight is 378 g/mol. The Bertz CT molecular complexity index is 564. The second kappa shape index (κ2) is 5.34. The Balaban J connectivity index is 2.66. The van der Waals surface area contributed by atoms with Crippen molar-refractivity contribution in [2.75, 3.05) is 0 Å². The van der Waals surface area contributed by atoms with E-state index in [0.29, 0.717) is 0 Å². The standard InChI is InChI=1S/C20H30BrSi/c1-11-12(2)16(6)19(9,15(11)5)22(21)20(10)17(7)13(3)14(4)18(20)8/h1-10H3. The maximum absolute atomic E-state index is 4.28. The molecule has 0 saturated heterocycles. The molecule has 0 unspecified atom stereocenters. The summed E-state index contributed by atoms with van der Waals surface area (Å²) in [5.41, 5.74) is 12.3. The zero-order chi connectivity index (χ0) is 17.2. The summed E-state index contributed by atoms with van der Waals surface area (Å²) >= 11 is 4.28. The van der Waals surface area contributed by atoms with Gasteiger partial charge in [-0.3, -0.25) is 0 Å². The third kappa shape index (κ3) is 1.92. The van der Waals surface area contributed by atoms with Crippen LogP contribution in [0.15, 0.2) is 44.6 Å². The molecule has 0 aromatic carbocycles. The van der Waals surface area contributed by atoms with Gasteiger partial charge in [-0.05, 0) is 77.7 Å². The van der Waals surface area contributed by atoms with Crippen molar-refractivity contribution in [3.05, 3.63) is 44.6 Å². The second-order valence-electron chi connectivity index (χ2n) is 7.56. The van der Waals surface area contributed by atoms with Gasteiger partial charge in [0.1, 0.15) is 0 Å². The summed E-state index contributed by atoms with van der Waals surface area (Å²) in [4.78, 5) is 0. The van der Waals surface area contributed by atoms with Gasteiger partial charge in [0.2, 0.25) is 0 Å². The first-order valence-electron chi connectivity index (χ1n) is 8.19. The zero-order valence-electron chi connectivity index (χ0n) is 15.9. The molecule has 0 aromatic rings. The molecule has 0 heterocycles. The highest BCUT2D eigenvalue weighted by Gasteiger charge is 2.54. The molecule has 0 saturated carbocycles. The SMILES string of the molecule is CC1=C(C)C(C)([Si](Br)C2(C)C(C)=C(C)C(C)=C2C)C(C)=C1C. The van der Waals surface area contributed by atoms with E-state index in [1.807, 2.05) is 0 Å². The Hall–Kier alpha value is -0.343. The lowest BCUT2D eigenvalue weighted by molar-refractivity contribution is 0.742. The highest BCUT2D eigenvalue weighted by molar-refractivity contribution is 9.24. The van der Waals surface area contributed by atoms with Crippen LogP contribution in [0.4, 0.5) is 0 Å². The van der Waals surface area contributed by atoms with E-state index >= 15 is 0 Å². The van der Waals surface area contributed by atoms with E-state index in [1.54, 1.807) is 22.3 Å². The van der Waals surface area contributed by atoms with Gasteiger partial charge in [-0.2, -0.15) is 0 Å². The first-order chi connectivity index (χ1) is 9.93. The minimum absolute atomic E-state index is 0.182. The van der Waals surface area contributed by atoms with E-state index in [1.165, 1.54) is 22.3 Å². The normalized spacial score (nSPS) is 24.5. The van der Waals surface area contributed by atoms with Crippen molar-refractivity contribution in [1.29, 1.82) is 0 Å². The van der Waals surface area contributed by atoms with Crippen molar-refractivity contribution < 1.29 is 0 Å². The highest BCUT2D eigenvalue weighted by atomic mass is 79.9. The fourth-order valence-corrected chi connectivity index (χ4v) is 11.0. The number of halogens is 1. The molecule has 1 radical (unpaired) electrons. The predicted molar refractivity (Wildman–Crippen MR) is 105 cm³/mol. The van der Waals surface area contributed by atoms with Gasteiger partial charge in [0, 0.05) is 10.1 Å². The van der Waals surface area contributed by atoms with E-state index in [-0.39, 0.29) is 10.1 Å². The molecule has 2 heteroatoms. The van der Waals surface area contributed by atoms with Gasteiger partial charge in [-0.1, -0.05) is 36.1 Å². The fourth-order valence-electron chi connectivity index (χ4n) is 4.35. The molecule has 0 atom stereocenters. The molecular weight excluding hydrogens is 348 g/mol. The Labute approximate surface area is 146 Å². The van der Waals surface area contributed by atoms with E-state index in [4.69, 9.17) is 0 Å². The van der Waals surface area contributed by atoms with Crippen molar-refractivity contribution in [1.82, 2.24) is 0 Å². The molecule has 2 aliphatic rings. The van der Waals surface area contributed by atoms with Gasteiger partial charge in [0.05, 0.1) is 0 Å². The third-order valence-corrected chi connectivity index (χ3v) is 15.3. The summed E-state index contributed by atoms with van der Waals surface area (Å²) in [5, 5.41) is 0.363. The van der Waals surface area contributed by atoms with E-state index in [2.05, 4.69) is 84.5 Å². The number of allylic oxidation sites excluding steroid dienone is 8. The van der Waals surface area contributed by atoms with Crippen molar-refractivity contribution in [3.63, 3.8) is 0 Å². The smallest absolute Gasteiger partial charge is 0.126 e. The van der Waals surface area contributed by atoms with Crippen LogP contribution in [-0.2, 0) is 0 Å². The first kappa shape index (κ1) is 18.0. The van der Waals surface area contributed by atoms with Gasteiger partial charge >= 0.3 is 0 Å². The number of hydrogen-bond donors (Lipinski definition) is 0. The molecule has 0 aliphatic heterocycles. The van der Waals surface area contributed by atoms with Gasteiger partial charge in [-0.15, -0.1) is 15.3 Å². The fraction of sp³-hybridized carbons (Fsp3) is 0.600. The van der Waals surface area contributed by atoms with Gasteiger partial charge < -0.3 is 0 Å². The van der Waals surface area contributed by atoms with Gasteiger partial charge in [0.15, 0.2) is 7.42 Å². The molecule has 2 aliphatic carbocycles. The van der Waals surface area contributed by atoms with Gasteiger partial charge in [0.25, 0.3) is 0 Å². The molecule has 0 nitrogen and oxygen atoms in total. The molecule has 0 N–H and O–H groups in total. The Morgan fingerprint density at radius 1 is 0.545 bits per heavy atom. The molecule has 121 valence electrons. The van der Waals surface area contributed by atoms with Crippen LogP contribution in [0.3, 0.4) is 0 Å². The topological polar surface area (TPSA) is 0 Å². The Morgan fingerprint density at radius 2 is 0.727 bits per heavy atom. The summed E-state index contributed by atoms with van der Waals surface area (Å²) in [6.45, 7) is 23.5. The maximum atomic E-state index is 4.28. The van der Waals surface area contributed by atoms with Crippen LogP contribution in [0.25, 0.3) is 0 Å². The summed E-state index contributed by atoms with van der Waals surface area (Å²) in [6.07, 6.45) is 0. The zero-order valence-corrected chi connectivity index (χ0v) is 18.5. The summed E-state index contributed by atoms with van der Waals surface area (Å²) in [6, 6.07) is 0. The van der Waals surface area contributed by atoms with Crippen LogP contribution in [0.5, 0.6) is 0 Å². The first-order valence-corrected chi connectivity index (χ1v) is 11.9. The summed E-state index contributed by atoms with van der Waals surface area (Å²) in [5.74, 6) is 0. The average Bonchev–Trinajstić information content (AvgIpc) is 2.75. The van der Waals surface area contributed by atoms with Crippen molar-refractivity contribution in [2.24, 2.45) is 0 Å². The van der Waals surface area contributed by atoms with Gasteiger partial charge in [-0.25, -0.2) is 0 Å². The minimum Gasteiger partial charge on any atom is -0.126 e. The molecule has 0 amide bonds. The molecule has 0 spiro atoms. The Morgan fingerprint density at radius 3 is 0.909 bits per heavy atom. The van der Waals surface area contributed by atoms with Crippen molar-refractivity contribution in [2.45, 2.75) is 79.3 Å². The summed E-state index contributed by atoms with van der Waals surface area (Å²) < 4.78 is 0. The molecule has 0 bridgehead atoms. The summed E-state index contributed by atoms with van der Waals surface area (Å²) in [7, 11) is -0.886. The largest absolute Gasteiger partial charge is 0.164 e.